The molecular weight excluding hydrogens is 320 g/mol. The summed E-state index contributed by atoms with van der Waals surface area (Å²) in [5, 5.41) is 5.40. The quantitative estimate of drug-likeness (QED) is 0.724. The number of alkyl halides is 2. The van der Waals surface area contributed by atoms with E-state index in [1.807, 2.05) is 0 Å². The largest absolute Gasteiger partial charge is 0.435 e. The summed E-state index contributed by atoms with van der Waals surface area (Å²) in [5.41, 5.74) is 6.39. The van der Waals surface area contributed by atoms with E-state index in [-0.39, 0.29) is 23.8 Å². The number of benzene rings is 2. The minimum Gasteiger partial charge on any atom is -0.435 e. The molecule has 126 valence electrons. The van der Waals surface area contributed by atoms with Crippen molar-refractivity contribution < 1.29 is 23.1 Å². The second-order valence-electron chi connectivity index (χ2n) is 4.71. The number of para-hydroxylation sites is 1. The first-order valence-corrected chi connectivity index (χ1v) is 6.93. The number of carbonyl (C=O) groups is 2. The van der Waals surface area contributed by atoms with Crippen LogP contribution in [0.2, 0.25) is 0 Å². The highest BCUT2D eigenvalue weighted by molar-refractivity contribution is 6.00. The van der Waals surface area contributed by atoms with E-state index >= 15 is 0 Å². The summed E-state index contributed by atoms with van der Waals surface area (Å²) in [4.78, 5) is 23.2. The number of primary amides is 1. The van der Waals surface area contributed by atoms with Gasteiger partial charge in [-0.2, -0.15) is 8.78 Å². The molecule has 0 aliphatic carbocycles. The van der Waals surface area contributed by atoms with E-state index < -0.39 is 12.5 Å². The summed E-state index contributed by atoms with van der Waals surface area (Å²) in [5.74, 6) is -0.985. The zero-order valence-electron chi connectivity index (χ0n) is 12.5. The second kappa shape index (κ2) is 7.91. The number of carbonyl (C=O) groups excluding carboxylic acids is 2. The second-order valence-corrected chi connectivity index (χ2v) is 4.71. The fourth-order valence-corrected chi connectivity index (χ4v) is 1.95. The van der Waals surface area contributed by atoms with Gasteiger partial charge in [0.15, 0.2) is 0 Å². The van der Waals surface area contributed by atoms with Crippen LogP contribution < -0.4 is 21.1 Å². The summed E-state index contributed by atoms with van der Waals surface area (Å²) in [6.07, 6.45) is 0. The van der Waals surface area contributed by atoms with Crippen LogP contribution in [0.4, 0.5) is 20.2 Å². The Morgan fingerprint density at radius 1 is 1.08 bits per heavy atom. The molecule has 2 aromatic rings. The third-order valence-electron chi connectivity index (χ3n) is 3.00. The topological polar surface area (TPSA) is 93.5 Å². The average Bonchev–Trinajstić information content (AvgIpc) is 2.54. The molecule has 4 N–H and O–H groups in total. The standard InChI is InChI=1S/C16H15F2N3O3/c17-16(18)24-11-7-5-10(6-8-11)21-14(22)9-20-13-4-2-1-3-12(13)15(19)23/h1-8,16,20H,9H2,(H2,19,23)(H,21,22). The van der Waals surface area contributed by atoms with Gasteiger partial charge in [-0.05, 0) is 36.4 Å². The Hall–Kier alpha value is -3.16. The minimum absolute atomic E-state index is 0.00323. The van der Waals surface area contributed by atoms with E-state index in [4.69, 9.17) is 5.73 Å². The molecule has 6 nitrogen and oxygen atoms in total. The van der Waals surface area contributed by atoms with Crippen LogP contribution >= 0.6 is 0 Å². The van der Waals surface area contributed by atoms with E-state index in [1.54, 1.807) is 24.3 Å². The van der Waals surface area contributed by atoms with Gasteiger partial charge in [0.2, 0.25) is 5.91 Å². The summed E-state index contributed by atoms with van der Waals surface area (Å²) in [6.45, 7) is -3.00. The number of nitrogens with one attached hydrogen (secondary N) is 2. The van der Waals surface area contributed by atoms with Crippen molar-refractivity contribution in [1.29, 1.82) is 0 Å². The molecular formula is C16H15F2N3O3. The van der Waals surface area contributed by atoms with Crippen LogP contribution in [0.15, 0.2) is 48.5 Å². The number of hydrogen-bond acceptors (Lipinski definition) is 4. The van der Waals surface area contributed by atoms with Crippen LogP contribution in [0, 0.1) is 0 Å². The van der Waals surface area contributed by atoms with Crippen LogP contribution in [0.3, 0.4) is 0 Å². The van der Waals surface area contributed by atoms with Gasteiger partial charge in [-0.3, -0.25) is 9.59 Å². The van der Waals surface area contributed by atoms with Gasteiger partial charge in [0.1, 0.15) is 5.75 Å². The van der Waals surface area contributed by atoms with Gasteiger partial charge in [-0.25, -0.2) is 0 Å². The molecule has 0 radical (unpaired) electrons. The number of halogens is 2. The van der Waals surface area contributed by atoms with Gasteiger partial charge in [0.25, 0.3) is 5.91 Å². The highest BCUT2D eigenvalue weighted by Gasteiger charge is 2.09. The van der Waals surface area contributed by atoms with E-state index in [0.717, 1.165) is 0 Å². The van der Waals surface area contributed by atoms with Crippen LogP contribution in [0.5, 0.6) is 5.75 Å². The lowest BCUT2D eigenvalue weighted by molar-refractivity contribution is -0.114. The van der Waals surface area contributed by atoms with E-state index in [9.17, 15) is 18.4 Å². The first-order chi connectivity index (χ1) is 11.5. The van der Waals surface area contributed by atoms with E-state index in [2.05, 4.69) is 15.4 Å². The Morgan fingerprint density at radius 2 is 1.75 bits per heavy atom. The Balaban J connectivity index is 1.91. The van der Waals surface area contributed by atoms with Gasteiger partial charge >= 0.3 is 6.61 Å². The van der Waals surface area contributed by atoms with Gasteiger partial charge in [0.05, 0.1) is 12.1 Å². The molecule has 0 aromatic heterocycles. The lowest BCUT2D eigenvalue weighted by atomic mass is 10.1. The molecule has 0 fully saturated rings. The third kappa shape index (κ3) is 4.94. The number of anilines is 2. The maximum Gasteiger partial charge on any atom is 0.387 e. The van der Waals surface area contributed by atoms with Crippen molar-refractivity contribution in [3.8, 4) is 5.75 Å². The van der Waals surface area contributed by atoms with E-state index in [1.165, 1.54) is 24.3 Å². The number of ether oxygens (including phenoxy) is 1. The highest BCUT2D eigenvalue weighted by Crippen LogP contribution is 2.18. The molecule has 2 rings (SSSR count). The van der Waals surface area contributed by atoms with Gasteiger partial charge in [0, 0.05) is 11.4 Å². The monoisotopic (exact) mass is 335 g/mol. The molecule has 0 aliphatic rings. The van der Waals surface area contributed by atoms with Crippen molar-refractivity contribution in [1.82, 2.24) is 0 Å². The van der Waals surface area contributed by atoms with Crippen LogP contribution in [-0.2, 0) is 4.79 Å². The molecule has 2 amide bonds. The molecule has 0 saturated carbocycles. The van der Waals surface area contributed by atoms with Gasteiger partial charge < -0.3 is 21.1 Å². The fraction of sp³-hybridized carbons (Fsp3) is 0.125. The van der Waals surface area contributed by atoms with Crippen molar-refractivity contribution in [2.75, 3.05) is 17.2 Å². The number of rotatable bonds is 7. The van der Waals surface area contributed by atoms with Crippen molar-refractivity contribution >= 4 is 23.2 Å². The normalized spacial score (nSPS) is 10.3. The van der Waals surface area contributed by atoms with Gasteiger partial charge in [-0.15, -0.1) is 0 Å². The summed E-state index contributed by atoms with van der Waals surface area (Å²) < 4.78 is 28.3. The number of nitrogens with two attached hydrogens (primary N) is 1. The van der Waals surface area contributed by atoms with Crippen LogP contribution in [0.1, 0.15) is 10.4 Å². The molecule has 0 bridgehead atoms. The Labute approximate surface area is 136 Å². The molecule has 8 heteroatoms. The SMILES string of the molecule is NC(=O)c1ccccc1NCC(=O)Nc1ccc(OC(F)F)cc1. The van der Waals surface area contributed by atoms with Crippen molar-refractivity contribution in [3.63, 3.8) is 0 Å². The highest BCUT2D eigenvalue weighted by atomic mass is 19.3. The van der Waals surface area contributed by atoms with E-state index in [0.29, 0.717) is 11.4 Å². The molecule has 0 aliphatic heterocycles. The van der Waals surface area contributed by atoms with Gasteiger partial charge in [-0.1, -0.05) is 12.1 Å². The molecule has 0 spiro atoms. The molecule has 0 atom stereocenters. The Bertz CT molecular complexity index is 721. The molecule has 2 aromatic carbocycles. The summed E-state index contributed by atoms with van der Waals surface area (Å²) in [6, 6.07) is 12.0. The summed E-state index contributed by atoms with van der Waals surface area (Å²) >= 11 is 0. The Morgan fingerprint density at radius 3 is 2.38 bits per heavy atom. The molecule has 0 saturated heterocycles. The predicted molar refractivity (Wildman–Crippen MR) is 85.2 cm³/mol. The molecule has 0 heterocycles. The predicted octanol–water partition coefficient (Wildman–Crippen LogP) is 2.44. The first kappa shape index (κ1) is 17.2. The van der Waals surface area contributed by atoms with Crippen molar-refractivity contribution in [3.05, 3.63) is 54.1 Å². The first-order valence-electron chi connectivity index (χ1n) is 6.93. The smallest absolute Gasteiger partial charge is 0.387 e. The average molecular weight is 335 g/mol. The van der Waals surface area contributed by atoms with Crippen LogP contribution in [-0.4, -0.2) is 25.0 Å². The minimum atomic E-state index is -2.90. The Kier molecular flexibility index (Phi) is 5.67. The van der Waals surface area contributed by atoms with Crippen molar-refractivity contribution in [2.45, 2.75) is 6.61 Å². The number of hydrogen-bond donors (Lipinski definition) is 3. The lowest BCUT2D eigenvalue weighted by Crippen LogP contribution is -2.23. The zero-order chi connectivity index (χ0) is 17.5. The lowest BCUT2D eigenvalue weighted by Gasteiger charge is -2.11. The van der Waals surface area contributed by atoms with Crippen LogP contribution in [0.25, 0.3) is 0 Å². The molecule has 0 unspecified atom stereocenters. The third-order valence-corrected chi connectivity index (χ3v) is 3.00. The van der Waals surface area contributed by atoms with Crippen molar-refractivity contribution in [2.24, 2.45) is 5.73 Å². The maximum absolute atomic E-state index is 12.0. The summed E-state index contributed by atoms with van der Waals surface area (Å²) in [7, 11) is 0. The number of amides is 2. The molecule has 24 heavy (non-hydrogen) atoms. The zero-order valence-corrected chi connectivity index (χ0v) is 12.5. The fourth-order valence-electron chi connectivity index (χ4n) is 1.95. The maximum atomic E-state index is 12.0.